The summed E-state index contributed by atoms with van der Waals surface area (Å²) in [5, 5.41) is 0. The first kappa shape index (κ1) is 15.5. The lowest BCUT2D eigenvalue weighted by Gasteiger charge is -2.31. The highest BCUT2D eigenvalue weighted by atomic mass is 32.2. The molecule has 20 heavy (non-hydrogen) atoms. The fourth-order valence-electron chi connectivity index (χ4n) is 2.54. The van der Waals surface area contributed by atoms with Crippen LogP contribution < -0.4 is 0 Å². The average molecular weight is 293 g/mol. The number of carbonyl (C=O) groups excluding carboxylic acids is 1. The van der Waals surface area contributed by atoms with Gasteiger partial charge in [0.05, 0.1) is 12.6 Å². The Hall–Kier alpha value is -0.840. The summed E-state index contributed by atoms with van der Waals surface area (Å²) in [5.41, 5.74) is 0.815. The molecular weight excluding hydrogens is 270 g/mol. The van der Waals surface area contributed by atoms with Gasteiger partial charge in [-0.3, -0.25) is 9.69 Å². The van der Waals surface area contributed by atoms with Crippen molar-refractivity contribution >= 4 is 17.5 Å². The van der Waals surface area contributed by atoms with Crippen LogP contribution in [0.25, 0.3) is 0 Å². The molecular formula is C16H23NO2S. The average Bonchev–Trinajstić information content (AvgIpc) is 2.49. The third-order valence-corrected chi connectivity index (χ3v) is 4.46. The number of piperidine rings is 1. The lowest BCUT2D eigenvalue weighted by molar-refractivity contribution is 0.0147. The maximum absolute atomic E-state index is 12.2. The van der Waals surface area contributed by atoms with Crippen molar-refractivity contribution in [2.24, 2.45) is 0 Å². The second-order valence-corrected chi connectivity index (χ2v) is 5.96. The summed E-state index contributed by atoms with van der Waals surface area (Å²) in [6.07, 6.45) is 4.49. The first-order valence-corrected chi connectivity index (χ1v) is 8.46. The Morgan fingerprint density at radius 2 is 1.95 bits per heavy atom. The van der Waals surface area contributed by atoms with Crippen LogP contribution in [0.3, 0.4) is 0 Å². The molecule has 1 heterocycles. The van der Waals surface area contributed by atoms with Gasteiger partial charge in [-0.25, -0.2) is 0 Å². The van der Waals surface area contributed by atoms with Gasteiger partial charge in [0.2, 0.25) is 0 Å². The van der Waals surface area contributed by atoms with Gasteiger partial charge in [0, 0.05) is 30.2 Å². The molecule has 0 radical (unpaired) electrons. The van der Waals surface area contributed by atoms with E-state index in [0.29, 0.717) is 12.6 Å². The molecule has 1 aromatic rings. The van der Waals surface area contributed by atoms with E-state index in [1.54, 1.807) is 11.8 Å². The number of ketones is 1. The van der Waals surface area contributed by atoms with E-state index < -0.39 is 0 Å². The molecule has 1 aliphatic rings. The van der Waals surface area contributed by atoms with Crippen molar-refractivity contribution in [2.45, 2.75) is 30.8 Å². The number of hydrogen-bond acceptors (Lipinski definition) is 4. The highest BCUT2D eigenvalue weighted by Crippen LogP contribution is 2.17. The minimum absolute atomic E-state index is 0.215. The predicted molar refractivity (Wildman–Crippen MR) is 83.6 cm³/mol. The van der Waals surface area contributed by atoms with E-state index in [2.05, 4.69) is 4.90 Å². The number of likely N-dealkylation sites (tertiary alicyclic amines) is 1. The van der Waals surface area contributed by atoms with Crippen molar-refractivity contribution in [1.29, 1.82) is 0 Å². The van der Waals surface area contributed by atoms with Gasteiger partial charge in [0.25, 0.3) is 0 Å². The smallest absolute Gasteiger partial charge is 0.176 e. The Bertz CT molecular complexity index is 425. The van der Waals surface area contributed by atoms with Crippen LogP contribution in [0.2, 0.25) is 0 Å². The van der Waals surface area contributed by atoms with Gasteiger partial charge in [0.1, 0.15) is 0 Å². The van der Waals surface area contributed by atoms with E-state index >= 15 is 0 Å². The summed E-state index contributed by atoms with van der Waals surface area (Å²) in [4.78, 5) is 15.7. The van der Waals surface area contributed by atoms with Crippen LogP contribution in [0.4, 0.5) is 0 Å². The van der Waals surface area contributed by atoms with Crippen LogP contribution in [0, 0.1) is 0 Å². The highest BCUT2D eigenvalue weighted by Gasteiger charge is 2.21. The van der Waals surface area contributed by atoms with Gasteiger partial charge in [0.15, 0.2) is 5.78 Å². The Morgan fingerprint density at radius 1 is 1.30 bits per heavy atom. The lowest BCUT2D eigenvalue weighted by atomic mass is 10.1. The molecule has 4 heteroatoms. The number of carbonyl (C=O) groups is 1. The topological polar surface area (TPSA) is 29.5 Å². The van der Waals surface area contributed by atoms with Crippen molar-refractivity contribution in [3.05, 3.63) is 29.8 Å². The van der Waals surface area contributed by atoms with Gasteiger partial charge in [-0.1, -0.05) is 12.1 Å². The zero-order valence-corrected chi connectivity index (χ0v) is 13.1. The molecule has 1 fully saturated rings. The van der Waals surface area contributed by atoms with Crippen LogP contribution in [0.1, 0.15) is 30.1 Å². The van der Waals surface area contributed by atoms with Gasteiger partial charge < -0.3 is 4.74 Å². The fourth-order valence-corrected chi connectivity index (χ4v) is 2.95. The third-order valence-electron chi connectivity index (χ3n) is 3.72. The summed E-state index contributed by atoms with van der Waals surface area (Å²) < 4.78 is 5.63. The third kappa shape index (κ3) is 4.33. The number of benzene rings is 1. The monoisotopic (exact) mass is 293 g/mol. The first-order chi connectivity index (χ1) is 9.72. The normalized spacial score (nSPS) is 17.3. The summed E-state index contributed by atoms with van der Waals surface area (Å²) in [6.45, 7) is 5.26. The van der Waals surface area contributed by atoms with Crippen molar-refractivity contribution in [3.63, 3.8) is 0 Å². The second-order valence-electron chi connectivity index (χ2n) is 5.08. The largest absolute Gasteiger partial charge is 0.378 e. The second kappa shape index (κ2) is 7.81. The van der Waals surface area contributed by atoms with Gasteiger partial charge in [-0.2, -0.15) is 0 Å². The Morgan fingerprint density at radius 3 is 2.50 bits per heavy atom. The maximum Gasteiger partial charge on any atom is 0.176 e. The number of thioether (sulfide) groups is 1. The molecule has 0 atom stereocenters. The van der Waals surface area contributed by atoms with Crippen LogP contribution in [-0.4, -0.2) is 49.3 Å². The summed E-state index contributed by atoms with van der Waals surface area (Å²) in [7, 11) is 0. The van der Waals surface area contributed by atoms with Crippen LogP contribution in [-0.2, 0) is 4.74 Å². The van der Waals surface area contributed by atoms with Crippen LogP contribution >= 0.6 is 11.8 Å². The minimum atomic E-state index is 0.215. The predicted octanol–water partition coefficient (Wildman–Crippen LogP) is 3.09. The molecule has 1 aliphatic heterocycles. The van der Waals surface area contributed by atoms with Crippen molar-refractivity contribution in [3.8, 4) is 0 Å². The summed E-state index contributed by atoms with van der Waals surface area (Å²) >= 11 is 1.69. The molecule has 110 valence electrons. The zero-order chi connectivity index (χ0) is 14.4. The SMILES string of the molecule is CCOC1CCN(CC(=O)c2ccc(SC)cc2)CC1. The minimum Gasteiger partial charge on any atom is -0.378 e. The summed E-state index contributed by atoms with van der Waals surface area (Å²) in [6, 6.07) is 7.89. The van der Waals surface area contributed by atoms with Crippen molar-refractivity contribution < 1.29 is 9.53 Å². The molecule has 0 N–H and O–H groups in total. The molecule has 0 spiro atoms. The molecule has 2 rings (SSSR count). The molecule has 3 nitrogen and oxygen atoms in total. The Kier molecular flexibility index (Phi) is 6.07. The Labute approximate surface area is 125 Å². The van der Waals surface area contributed by atoms with Gasteiger partial charge >= 0.3 is 0 Å². The van der Waals surface area contributed by atoms with Gasteiger partial charge in [-0.15, -0.1) is 11.8 Å². The Balaban J connectivity index is 1.82. The first-order valence-electron chi connectivity index (χ1n) is 7.24. The van der Waals surface area contributed by atoms with Crippen molar-refractivity contribution in [1.82, 2.24) is 4.90 Å². The fraction of sp³-hybridized carbons (Fsp3) is 0.562. The molecule has 0 amide bonds. The van der Waals surface area contributed by atoms with E-state index in [4.69, 9.17) is 4.74 Å². The van der Waals surface area contributed by atoms with E-state index in [-0.39, 0.29) is 5.78 Å². The van der Waals surface area contributed by atoms with Gasteiger partial charge in [-0.05, 0) is 38.2 Å². The molecule has 0 bridgehead atoms. The quantitative estimate of drug-likeness (QED) is 0.595. The number of hydrogen-bond donors (Lipinski definition) is 0. The van der Waals surface area contributed by atoms with Crippen molar-refractivity contribution in [2.75, 3.05) is 32.5 Å². The molecule has 1 aromatic carbocycles. The van der Waals surface area contributed by atoms with Crippen LogP contribution in [0.15, 0.2) is 29.2 Å². The number of Topliss-reactive ketones (excluding diaryl/α,β-unsaturated/α-hetero) is 1. The van der Waals surface area contributed by atoms with E-state index in [1.807, 2.05) is 37.4 Å². The molecule has 0 aliphatic carbocycles. The molecule has 0 aromatic heterocycles. The standard InChI is InChI=1S/C16H23NO2S/c1-3-19-14-8-10-17(11-9-14)12-16(18)13-4-6-15(20-2)7-5-13/h4-7,14H,3,8-12H2,1-2H3. The molecule has 1 saturated heterocycles. The van der Waals surface area contributed by atoms with E-state index in [9.17, 15) is 4.79 Å². The van der Waals surface area contributed by atoms with E-state index in [0.717, 1.165) is 38.1 Å². The number of rotatable bonds is 6. The maximum atomic E-state index is 12.2. The highest BCUT2D eigenvalue weighted by molar-refractivity contribution is 7.98. The van der Waals surface area contributed by atoms with Crippen LogP contribution in [0.5, 0.6) is 0 Å². The van der Waals surface area contributed by atoms with E-state index in [1.165, 1.54) is 4.90 Å². The zero-order valence-electron chi connectivity index (χ0n) is 12.3. The number of nitrogens with zero attached hydrogens (tertiary/aromatic N) is 1. The summed E-state index contributed by atoms with van der Waals surface area (Å²) in [5.74, 6) is 0.215. The lowest BCUT2D eigenvalue weighted by Crippen LogP contribution is -2.39. The molecule has 0 unspecified atom stereocenters. The number of ether oxygens (including phenoxy) is 1. The molecule has 0 saturated carbocycles.